The molecule has 0 aliphatic rings. The average Bonchev–Trinajstić information content (AvgIpc) is 2.58. The molecule has 0 aliphatic carbocycles. The van der Waals surface area contributed by atoms with Crippen molar-refractivity contribution in [1.29, 1.82) is 0 Å². The first-order chi connectivity index (χ1) is 11.6. The number of thioether (sulfide) groups is 1. The maximum absolute atomic E-state index is 12.0. The van der Waals surface area contributed by atoms with Gasteiger partial charge in [0.2, 0.25) is 5.91 Å². The van der Waals surface area contributed by atoms with Gasteiger partial charge < -0.3 is 10.3 Å². The summed E-state index contributed by atoms with van der Waals surface area (Å²) in [4.78, 5) is 30.8. The number of carbonyl (C=O) groups excluding carboxylic acids is 1. The van der Waals surface area contributed by atoms with Gasteiger partial charge in [0.1, 0.15) is 0 Å². The second-order valence-electron chi connectivity index (χ2n) is 5.08. The van der Waals surface area contributed by atoms with Gasteiger partial charge in [-0.3, -0.25) is 9.59 Å². The second kappa shape index (κ2) is 8.94. The minimum atomic E-state index is -0.177. The number of nitrogens with one attached hydrogen (secondary N) is 2. The summed E-state index contributed by atoms with van der Waals surface area (Å²) in [7, 11) is 0. The summed E-state index contributed by atoms with van der Waals surface area (Å²) < 4.78 is 0. The van der Waals surface area contributed by atoms with E-state index in [9.17, 15) is 9.59 Å². The van der Waals surface area contributed by atoms with Crippen LogP contribution in [0.15, 0.2) is 40.3 Å². The molecule has 0 saturated carbocycles. The molecule has 0 unspecified atom stereocenters. The fraction of sp³-hybridized carbons (Fsp3) is 0.278. The molecule has 0 atom stereocenters. The molecule has 2 rings (SSSR count). The number of nitrogens with zero attached hydrogens (tertiary/aromatic N) is 1. The van der Waals surface area contributed by atoms with Crippen LogP contribution in [0.4, 0.5) is 0 Å². The lowest BCUT2D eigenvalue weighted by atomic mass is 10.1. The zero-order valence-electron chi connectivity index (χ0n) is 13.7. The predicted molar refractivity (Wildman–Crippen MR) is 96.0 cm³/mol. The Bertz CT molecular complexity index is 820. The van der Waals surface area contributed by atoms with E-state index in [1.54, 1.807) is 6.92 Å². The van der Waals surface area contributed by atoms with Crippen LogP contribution in [0.5, 0.6) is 0 Å². The number of rotatable bonds is 5. The fourth-order valence-electron chi connectivity index (χ4n) is 2.11. The molecule has 0 radical (unpaired) electrons. The van der Waals surface area contributed by atoms with Crippen LogP contribution >= 0.6 is 11.8 Å². The summed E-state index contributed by atoms with van der Waals surface area (Å²) in [5.41, 5.74) is 1.95. The summed E-state index contributed by atoms with van der Waals surface area (Å²) in [6.07, 6.45) is 2.44. The maximum atomic E-state index is 12.0. The Morgan fingerprint density at radius 2 is 2.08 bits per heavy atom. The van der Waals surface area contributed by atoms with Crippen molar-refractivity contribution in [3.8, 4) is 11.8 Å². The van der Waals surface area contributed by atoms with Crippen LogP contribution in [-0.4, -0.2) is 28.7 Å². The van der Waals surface area contributed by atoms with E-state index in [2.05, 4.69) is 27.1 Å². The van der Waals surface area contributed by atoms with Gasteiger partial charge in [0.05, 0.1) is 6.54 Å². The third-order valence-corrected chi connectivity index (χ3v) is 3.96. The summed E-state index contributed by atoms with van der Waals surface area (Å²) in [6.45, 7) is 2.07. The number of amides is 1. The van der Waals surface area contributed by atoms with Crippen molar-refractivity contribution in [3.63, 3.8) is 0 Å². The largest absolute Gasteiger partial charge is 0.345 e. The van der Waals surface area contributed by atoms with E-state index in [4.69, 9.17) is 0 Å². The van der Waals surface area contributed by atoms with Crippen molar-refractivity contribution >= 4 is 17.7 Å². The molecule has 1 heterocycles. The fourth-order valence-corrected chi connectivity index (χ4v) is 2.54. The molecule has 0 aliphatic heterocycles. The maximum Gasteiger partial charge on any atom is 0.254 e. The molecule has 24 heavy (non-hydrogen) atoms. The molecule has 1 aromatic heterocycles. The number of H-pyrrole nitrogens is 1. The van der Waals surface area contributed by atoms with Crippen molar-refractivity contribution in [1.82, 2.24) is 15.3 Å². The van der Waals surface area contributed by atoms with Crippen LogP contribution < -0.4 is 10.9 Å². The molecule has 1 aromatic carbocycles. The van der Waals surface area contributed by atoms with Crippen LogP contribution in [0.2, 0.25) is 0 Å². The number of aromatic nitrogens is 2. The molecule has 1 amide bonds. The van der Waals surface area contributed by atoms with E-state index in [1.807, 2.05) is 36.6 Å². The molecule has 124 valence electrons. The van der Waals surface area contributed by atoms with Crippen LogP contribution in [0.3, 0.4) is 0 Å². The van der Waals surface area contributed by atoms with E-state index >= 15 is 0 Å². The molecule has 2 aromatic rings. The summed E-state index contributed by atoms with van der Waals surface area (Å²) in [5, 5.41) is 3.32. The Balaban J connectivity index is 1.84. The number of aromatic amines is 1. The Kier molecular flexibility index (Phi) is 6.64. The third-order valence-electron chi connectivity index (χ3n) is 3.38. The van der Waals surface area contributed by atoms with Gasteiger partial charge in [0.15, 0.2) is 5.16 Å². The van der Waals surface area contributed by atoms with Crippen molar-refractivity contribution in [3.05, 3.63) is 57.5 Å². The zero-order valence-corrected chi connectivity index (χ0v) is 14.5. The topological polar surface area (TPSA) is 74.8 Å². The van der Waals surface area contributed by atoms with Gasteiger partial charge in [-0.2, -0.15) is 0 Å². The molecule has 5 nitrogen and oxygen atoms in total. The number of benzene rings is 1. The van der Waals surface area contributed by atoms with E-state index in [1.165, 1.54) is 11.8 Å². The van der Waals surface area contributed by atoms with Crippen molar-refractivity contribution in [2.24, 2.45) is 0 Å². The lowest BCUT2D eigenvalue weighted by Crippen LogP contribution is -2.25. The standard InChI is InChI=1S/C18H19N3O2S/c1-13-15(17(23)21-18(20-13)24-2)10-11-16(22)19-12-6-9-14-7-4-3-5-8-14/h3-5,7-8H,10-12H2,1-2H3,(H,19,22)(H,20,21,23). The smallest absolute Gasteiger partial charge is 0.254 e. The first kappa shape index (κ1) is 17.8. The third kappa shape index (κ3) is 5.28. The van der Waals surface area contributed by atoms with Gasteiger partial charge in [-0.1, -0.05) is 41.8 Å². The Morgan fingerprint density at radius 1 is 1.33 bits per heavy atom. The molecule has 2 N–H and O–H groups in total. The SMILES string of the molecule is CSc1nc(C)c(CCC(=O)NCC#Cc2ccccc2)c(=O)[nH]1. The van der Waals surface area contributed by atoms with E-state index in [0.29, 0.717) is 22.8 Å². The lowest BCUT2D eigenvalue weighted by Gasteiger charge is -2.05. The summed E-state index contributed by atoms with van der Waals surface area (Å²) in [6, 6.07) is 9.58. The molecule has 0 spiro atoms. The van der Waals surface area contributed by atoms with Crippen molar-refractivity contribution in [2.45, 2.75) is 24.9 Å². The number of carbonyl (C=O) groups is 1. The Hall–Kier alpha value is -2.52. The van der Waals surface area contributed by atoms with Crippen molar-refractivity contribution < 1.29 is 4.79 Å². The normalized spacial score (nSPS) is 9.92. The van der Waals surface area contributed by atoms with E-state index in [-0.39, 0.29) is 24.4 Å². The minimum absolute atomic E-state index is 0.134. The molecule has 0 saturated heterocycles. The molecule has 6 heteroatoms. The highest BCUT2D eigenvalue weighted by atomic mass is 32.2. The molecular formula is C18H19N3O2S. The number of hydrogen-bond acceptors (Lipinski definition) is 4. The quantitative estimate of drug-likeness (QED) is 0.495. The first-order valence-corrected chi connectivity index (χ1v) is 8.77. The highest BCUT2D eigenvalue weighted by Gasteiger charge is 2.10. The molecular weight excluding hydrogens is 322 g/mol. The molecule has 0 bridgehead atoms. The van der Waals surface area contributed by atoms with E-state index < -0.39 is 0 Å². The monoisotopic (exact) mass is 341 g/mol. The van der Waals surface area contributed by atoms with Crippen molar-refractivity contribution in [2.75, 3.05) is 12.8 Å². The number of hydrogen-bond donors (Lipinski definition) is 2. The van der Waals surface area contributed by atoms with Gasteiger partial charge in [-0.05, 0) is 31.7 Å². The highest BCUT2D eigenvalue weighted by molar-refractivity contribution is 7.98. The van der Waals surface area contributed by atoms with Crippen LogP contribution in [0, 0.1) is 18.8 Å². The zero-order chi connectivity index (χ0) is 17.4. The van der Waals surface area contributed by atoms with Gasteiger partial charge in [-0.15, -0.1) is 0 Å². The predicted octanol–water partition coefficient (Wildman–Crippen LogP) is 1.90. The van der Waals surface area contributed by atoms with Crippen LogP contribution in [-0.2, 0) is 11.2 Å². The van der Waals surface area contributed by atoms with Gasteiger partial charge in [0.25, 0.3) is 5.56 Å². The van der Waals surface area contributed by atoms with E-state index in [0.717, 1.165) is 5.56 Å². The summed E-state index contributed by atoms with van der Waals surface area (Å²) >= 11 is 1.38. The minimum Gasteiger partial charge on any atom is -0.345 e. The van der Waals surface area contributed by atoms with Gasteiger partial charge in [-0.25, -0.2) is 4.98 Å². The highest BCUT2D eigenvalue weighted by Crippen LogP contribution is 2.09. The van der Waals surface area contributed by atoms with Gasteiger partial charge in [0, 0.05) is 23.2 Å². The summed E-state index contributed by atoms with van der Waals surface area (Å²) in [5.74, 6) is 5.74. The van der Waals surface area contributed by atoms with Gasteiger partial charge >= 0.3 is 0 Å². The second-order valence-corrected chi connectivity index (χ2v) is 5.88. The van der Waals surface area contributed by atoms with Crippen LogP contribution in [0.25, 0.3) is 0 Å². The van der Waals surface area contributed by atoms with Crippen LogP contribution in [0.1, 0.15) is 23.2 Å². The average molecular weight is 341 g/mol. The number of aryl methyl sites for hydroxylation is 1. The Morgan fingerprint density at radius 3 is 2.75 bits per heavy atom. The lowest BCUT2D eigenvalue weighted by molar-refractivity contribution is -0.120. The Labute approximate surface area is 145 Å². The first-order valence-electron chi connectivity index (χ1n) is 7.54. The molecule has 0 fully saturated rings.